The van der Waals surface area contributed by atoms with E-state index in [-0.39, 0.29) is 11.8 Å². The minimum Gasteiger partial charge on any atom is -0.467 e. The highest BCUT2D eigenvalue weighted by atomic mass is 35.5. The van der Waals surface area contributed by atoms with E-state index in [0.29, 0.717) is 16.3 Å². The van der Waals surface area contributed by atoms with Gasteiger partial charge in [-0.15, -0.1) is 11.8 Å². The number of ether oxygens (including phenoxy) is 1. The molecule has 1 heterocycles. The Morgan fingerprint density at radius 2 is 2.11 bits per heavy atom. The van der Waals surface area contributed by atoms with Crippen LogP contribution in [0.5, 0.6) is 6.01 Å². The molecule has 0 unspecified atom stereocenters. The van der Waals surface area contributed by atoms with E-state index in [1.165, 1.54) is 31.3 Å². The van der Waals surface area contributed by atoms with Crippen molar-refractivity contribution >= 4 is 29.1 Å². The fraction of sp³-hybridized carbons (Fsp3) is 0.154. The number of benzene rings is 1. The maximum absolute atomic E-state index is 11.9. The molecule has 1 aromatic carbocycles. The van der Waals surface area contributed by atoms with Gasteiger partial charge in [0, 0.05) is 22.3 Å². The second-order valence-electron chi connectivity index (χ2n) is 3.63. The number of halogens is 1. The lowest BCUT2D eigenvalue weighted by atomic mass is 10.2. The van der Waals surface area contributed by atoms with E-state index < -0.39 is 0 Å². The molecule has 6 heteroatoms. The van der Waals surface area contributed by atoms with Crippen LogP contribution >= 0.6 is 23.4 Å². The minimum atomic E-state index is -0.0346. The van der Waals surface area contributed by atoms with Crippen LogP contribution in [0.1, 0.15) is 10.4 Å². The molecule has 0 amide bonds. The number of rotatable bonds is 5. The molecule has 0 saturated heterocycles. The number of carbonyl (C=O) groups is 1. The minimum absolute atomic E-state index is 0.0346. The maximum Gasteiger partial charge on any atom is 0.316 e. The maximum atomic E-state index is 11.9. The van der Waals surface area contributed by atoms with E-state index in [1.807, 2.05) is 18.2 Å². The zero-order valence-corrected chi connectivity index (χ0v) is 11.7. The van der Waals surface area contributed by atoms with Gasteiger partial charge in [0.15, 0.2) is 5.78 Å². The van der Waals surface area contributed by atoms with Crippen molar-refractivity contribution in [2.45, 2.75) is 4.90 Å². The zero-order valence-electron chi connectivity index (χ0n) is 10.2. The van der Waals surface area contributed by atoms with Gasteiger partial charge in [-0.3, -0.25) is 4.79 Å². The molecule has 2 rings (SSSR count). The van der Waals surface area contributed by atoms with Crippen LogP contribution in [-0.2, 0) is 0 Å². The van der Waals surface area contributed by atoms with E-state index in [1.54, 1.807) is 6.07 Å². The van der Waals surface area contributed by atoms with Gasteiger partial charge in [-0.1, -0.05) is 17.7 Å². The predicted molar refractivity (Wildman–Crippen MR) is 75.1 cm³/mol. The van der Waals surface area contributed by atoms with Crippen LogP contribution in [0, 0.1) is 0 Å². The molecular formula is C13H11ClN2O2S. The Morgan fingerprint density at radius 1 is 1.37 bits per heavy atom. The zero-order chi connectivity index (χ0) is 13.7. The summed E-state index contributed by atoms with van der Waals surface area (Å²) in [5.41, 5.74) is 0.468. The number of carbonyl (C=O) groups excluding carboxylic acids is 1. The van der Waals surface area contributed by atoms with Crippen LogP contribution in [0.3, 0.4) is 0 Å². The summed E-state index contributed by atoms with van der Waals surface area (Å²) in [7, 11) is 1.48. The molecule has 0 bridgehead atoms. The molecule has 0 radical (unpaired) electrons. The Balaban J connectivity index is 1.97. The molecule has 98 valence electrons. The van der Waals surface area contributed by atoms with Gasteiger partial charge in [-0.05, 0) is 18.2 Å². The fourth-order valence-electron chi connectivity index (χ4n) is 1.35. The highest BCUT2D eigenvalue weighted by molar-refractivity contribution is 8.00. The van der Waals surface area contributed by atoms with E-state index in [2.05, 4.69) is 9.97 Å². The van der Waals surface area contributed by atoms with Crippen molar-refractivity contribution in [3.8, 4) is 6.01 Å². The van der Waals surface area contributed by atoms with Gasteiger partial charge in [-0.2, -0.15) is 0 Å². The standard InChI is InChI=1S/C13H11ClN2O2S/c1-18-13-15-6-9(7-16-13)12(17)8-19-11-4-2-3-10(14)5-11/h2-7H,8H2,1H3. The third kappa shape index (κ3) is 3.94. The van der Waals surface area contributed by atoms with E-state index in [0.717, 1.165) is 4.90 Å². The average molecular weight is 295 g/mol. The number of ketones is 1. The lowest BCUT2D eigenvalue weighted by Gasteiger charge is -2.02. The summed E-state index contributed by atoms with van der Waals surface area (Å²) in [5, 5.41) is 0.658. The van der Waals surface area contributed by atoms with Crippen molar-refractivity contribution in [1.82, 2.24) is 9.97 Å². The number of aromatic nitrogens is 2. The molecule has 4 nitrogen and oxygen atoms in total. The molecule has 0 fully saturated rings. The lowest BCUT2D eigenvalue weighted by molar-refractivity contribution is 0.102. The summed E-state index contributed by atoms with van der Waals surface area (Å²) in [6.45, 7) is 0. The van der Waals surface area contributed by atoms with E-state index in [4.69, 9.17) is 16.3 Å². The average Bonchev–Trinajstić information content (AvgIpc) is 2.45. The second-order valence-corrected chi connectivity index (χ2v) is 5.11. The third-order valence-electron chi connectivity index (χ3n) is 2.30. The first-order chi connectivity index (χ1) is 9.19. The van der Waals surface area contributed by atoms with Crippen molar-refractivity contribution in [3.05, 3.63) is 47.2 Å². The molecule has 0 aliphatic rings. The Bertz CT molecular complexity index is 575. The molecule has 2 aromatic rings. The van der Waals surface area contributed by atoms with Crippen molar-refractivity contribution in [1.29, 1.82) is 0 Å². The molecule has 0 spiro atoms. The molecule has 19 heavy (non-hydrogen) atoms. The van der Waals surface area contributed by atoms with Gasteiger partial charge in [0.05, 0.1) is 18.4 Å². The summed E-state index contributed by atoms with van der Waals surface area (Å²) < 4.78 is 4.84. The largest absolute Gasteiger partial charge is 0.467 e. The number of Topliss-reactive ketones (excluding diaryl/α,β-unsaturated/α-hetero) is 1. The molecule has 0 aliphatic heterocycles. The smallest absolute Gasteiger partial charge is 0.316 e. The second kappa shape index (κ2) is 6.54. The monoisotopic (exact) mass is 294 g/mol. The first-order valence-corrected chi connectivity index (χ1v) is 6.83. The predicted octanol–water partition coefficient (Wildman–Crippen LogP) is 3.11. The van der Waals surface area contributed by atoms with Gasteiger partial charge in [0.2, 0.25) is 0 Å². The van der Waals surface area contributed by atoms with Crippen LogP contribution in [0.2, 0.25) is 5.02 Å². The number of methoxy groups -OCH3 is 1. The van der Waals surface area contributed by atoms with Crippen molar-refractivity contribution in [2.75, 3.05) is 12.9 Å². The van der Waals surface area contributed by atoms with Gasteiger partial charge in [0.1, 0.15) is 0 Å². The van der Waals surface area contributed by atoms with Gasteiger partial charge < -0.3 is 4.74 Å². The summed E-state index contributed by atoms with van der Waals surface area (Å²) >= 11 is 7.31. The number of hydrogen-bond acceptors (Lipinski definition) is 5. The fourth-order valence-corrected chi connectivity index (χ4v) is 2.46. The highest BCUT2D eigenvalue weighted by Crippen LogP contribution is 2.22. The van der Waals surface area contributed by atoms with Crippen LogP contribution in [-0.4, -0.2) is 28.6 Å². The summed E-state index contributed by atoms with van der Waals surface area (Å²) in [6, 6.07) is 7.63. The van der Waals surface area contributed by atoms with Crippen molar-refractivity contribution < 1.29 is 9.53 Å². The van der Waals surface area contributed by atoms with Crippen molar-refractivity contribution in [2.24, 2.45) is 0 Å². The lowest BCUT2D eigenvalue weighted by Crippen LogP contribution is -2.04. The van der Waals surface area contributed by atoms with Gasteiger partial charge in [0.25, 0.3) is 0 Å². The van der Waals surface area contributed by atoms with Crippen LogP contribution in [0.25, 0.3) is 0 Å². The Morgan fingerprint density at radius 3 is 2.74 bits per heavy atom. The topological polar surface area (TPSA) is 52.1 Å². The third-order valence-corrected chi connectivity index (χ3v) is 3.53. The van der Waals surface area contributed by atoms with Crippen LogP contribution in [0.4, 0.5) is 0 Å². The molecular weight excluding hydrogens is 284 g/mol. The molecule has 0 atom stereocenters. The first-order valence-electron chi connectivity index (χ1n) is 5.46. The first kappa shape index (κ1) is 13.8. The molecule has 0 saturated carbocycles. The Kier molecular flexibility index (Phi) is 4.76. The summed E-state index contributed by atoms with van der Waals surface area (Å²) in [6.07, 6.45) is 2.93. The number of thioether (sulfide) groups is 1. The Hall–Kier alpha value is -1.59. The quantitative estimate of drug-likeness (QED) is 0.626. The SMILES string of the molecule is COc1ncc(C(=O)CSc2cccc(Cl)c2)cn1. The van der Waals surface area contributed by atoms with E-state index >= 15 is 0 Å². The summed E-state index contributed by atoms with van der Waals surface area (Å²) in [5.74, 6) is 0.281. The van der Waals surface area contributed by atoms with Gasteiger partial charge in [-0.25, -0.2) is 9.97 Å². The molecule has 1 aromatic heterocycles. The molecule has 0 aliphatic carbocycles. The molecule has 0 N–H and O–H groups in total. The normalized spacial score (nSPS) is 10.2. The van der Waals surface area contributed by atoms with E-state index in [9.17, 15) is 4.79 Å². The number of nitrogens with zero attached hydrogens (tertiary/aromatic N) is 2. The highest BCUT2D eigenvalue weighted by Gasteiger charge is 2.08. The van der Waals surface area contributed by atoms with Crippen LogP contribution < -0.4 is 4.74 Å². The van der Waals surface area contributed by atoms with Crippen LogP contribution in [0.15, 0.2) is 41.6 Å². The van der Waals surface area contributed by atoms with Gasteiger partial charge >= 0.3 is 6.01 Å². The van der Waals surface area contributed by atoms with Crippen molar-refractivity contribution in [3.63, 3.8) is 0 Å². The Labute approximate surface area is 120 Å². The number of hydrogen-bond donors (Lipinski definition) is 0. The summed E-state index contributed by atoms with van der Waals surface area (Å²) in [4.78, 5) is 20.7.